The topological polar surface area (TPSA) is 64.1 Å². The predicted octanol–water partition coefficient (Wildman–Crippen LogP) is 4.10. The predicted molar refractivity (Wildman–Crippen MR) is 91.1 cm³/mol. The summed E-state index contributed by atoms with van der Waals surface area (Å²) in [5.74, 6) is 1.26. The van der Waals surface area contributed by atoms with Crippen molar-refractivity contribution < 1.29 is 9.53 Å². The molecule has 1 heterocycles. The summed E-state index contributed by atoms with van der Waals surface area (Å²) in [5, 5.41) is 11.7. The first-order chi connectivity index (χ1) is 10.6. The van der Waals surface area contributed by atoms with Crippen molar-refractivity contribution in [1.29, 1.82) is 0 Å². The van der Waals surface area contributed by atoms with Gasteiger partial charge in [0.1, 0.15) is 5.75 Å². The second kappa shape index (κ2) is 8.36. The summed E-state index contributed by atoms with van der Waals surface area (Å²) in [6.07, 6.45) is 0.408. The molecule has 0 fully saturated rings. The zero-order chi connectivity index (χ0) is 15.9. The molecule has 0 aliphatic heterocycles. The fourth-order valence-corrected chi connectivity index (χ4v) is 3.37. The van der Waals surface area contributed by atoms with E-state index >= 15 is 0 Å². The van der Waals surface area contributed by atoms with Crippen molar-refractivity contribution in [3.63, 3.8) is 0 Å². The number of nitrogens with zero attached hydrogens (tertiary/aromatic N) is 2. The van der Waals surface area contributed by atoms with Crippen LogP contribution in [0.4, 0.5) is 5.13 Å². The fourth-order valence-electron chi connectivity index (χ4n) is 1.51. The van der Waals surface area contributed by atoms with E-state index in [1.165, 1.54) is 11.3 Å². The maximum atomic E-state index is 12.1. The third kappa shape index (κ3) is 5.15. The van der Waals surface area contributed by atoms with Gasteiger partial charge in [-0.15, -0.1) is 10.2 Å². The maximum absolute atomic E-state index is 12.1. The Morgan fingerprint density at radius 3 is 3.05 bits per heavy atom. The first-order valence-corrected chi connectivity index (χ1v) is 8.96. The van der Waals surface area contributed by atoms with E-state index in [0.29, 0.717) is 15.9 Å². The van der Waals surface area contributed by atoms with E-state index in [1.807, 2.05) is 0 Å². The Balaban J connectivity index is 1.89. The van der Waals surface area contributed by atoms with Crippen LogP contribution in [-0.2, 0) is 4.79 Å². The van der Waals surface area contributed by atoms with Gasteiger partial charge in [-0.3, -0.25) is 10.1 Å². The number of nitrogens with one attached hydrogen (secondary N) is 1. The van der Waals surface area contributed by atoms with E-state index in [-0.39, 0.29) is 5.91 Å². The highest BCUT2D eigenvalue weighted by Crippen LogP contribution is 2.26. The zero-order valence-electron chi connectivity index (χ0n) is 12.2. The molecule has 0 aliphatic rings. The molecule has 0 saturated heterocycles. The molecule has 0 saturated carbocycles. The fraction of sp³-hybridized carbons (Fsp3) is 0.357. The molecule has 2 rings (SSSR count). The first-order valence-electron chi connectivity index (χ1n) is 6.78. The quantitative estimate of drug-likeness (QED) is 0.597. The summed E-state index contributed by atoms with van der Waals surface area (Å²) in [5.41, 5.74) is 0. The molecule has 8 heteroatoms. The van der Waals surface area contributed by atoms with E-state index in [1.54, 1.807) is 43.0 Å². The number of aromatic nitrogens is 2. The van der Waals surface area contributed by atoms with E-state index < -0.39 is 6.10 Å². The first kappa shape index (κ1) is 17.1. The van der Waals surface area contributed by atoms with Gasteiger partial charge in [-0.2, -0.15) is 0 Å². The summed E-state index contributed by atoms with van der Waals surface area (Å²) in [6, 6.07) is 6.93. The van der Waals surface area contributed by atoms with Crippen LogP contribution in [0.1, 0.15) is 20.3 Å². The van der Waals surface area contributed by atoms with Gasteiger partial charge in [0, 0.05) is 10.8 Å². The SMILES string of the molecule is CCCSc1nnc(NC(=O)[C@H](C)Oc2cccc(Cl)c2)s1. The number of thioether (sulfide) groups is 1. The Morgan fingerprint density at radius 1 is 1.50 bits per heavy atom. The molecule has 1 aromatic heterocycles. The number of hydrogen-bond acceptors (Lipinski definition) is 6. The largest absolute Gasteiger partial charge is 0.481 e. The van der Waals surface area contributed by atoms with Gasteiger partial charge >= 0.3 is 0 Å². The van der Waals surface area contributed by atoms with Crippen LogP contribution in [0.5, 0.6) is 5.75 Å². The molecule has 0 bridgehead atoms. The summed E-state index contributed by atoms with van der Waals surface area (Å²) in [7, 11) is 0. The van der Waals surface area contributed by atoms with Crippen LogP contribution in [0.15, 0.2) is 28.6 Å². The van der Waals surface area contributed by atoms with Crippen molar-refractivity contribution in [3.8, 4) is 5.75 Å². The Bertz CT molecular complexity index is 636. The average molecular weight is 358 g/mol. The lowest BCUT2D eigenvalue weighted by Crippen LogP contribution is -2.30. The second-order valence-corrected chi connectivity index (χ2v) is 7.18. The molecule has 0 aliphatic carbocycles. The molecule has 118 valence electrons. The monoisotopic (exact) mass is 357 g/mol. The molecule has 0 spiro atoms. The molecule has 1 aromatic carbocycles. The van der Waals surface area contributed by atoms with Crippen molar-refractivity contribution in [3.05, 3.63) is 29.3 Å². The zero-order valence-corrected chi connectivity index (χ0v) is 14.6. The van der Waals surface area contributed by atoms with Gasteiger partial charge in [-0.1, -0.05) is 47.7 Å². The molecule has 0 radical (unpaired) electrons. The molecule has 1 atom stereocenters. The van der Waals surface area contributed by atoms with Crippen molar-refractivity contribution in [2.75, 3.05) is 11.1 Å². The lowest BCUT2D eigenvalue weighted by Gasteiger charge is -2.13. The number of benzene rings is 1. The third-order valence-corrected chi connectivity index (χ3v) is 4.96. The van der Waals surface area contributed by atoms with Gasteiger partial charge in [-0.05, 0) is 31.5 Å². The minimum atomic E-state index is -0.658. The summed E-state index contributed by atoms with van der Waals surface area (Å²) in [4.78, 5) is 12.1. The van der Waals surface area contributed by atoms with Gasteiger partial charge in [0.05, 0.1) is 0 Å². The minimum absolute atomic E-state index is 0.275. The number of carbonyl (C=O) groups excluding carboxylic acids is 1. The molecule has 22 heavy (non-hydrogen) atoms. The number of hydrogen-bond donors (Lipinski definition) is 1. The van der Waals surface area contributed by atoms with Crippen LogP contribution in [0, 0.1) is 0 Å². The van der Waals surface area contributed by atoms with Gasteiger partial charge < -0.3 is 4.74 Å². The number of ether oxygens (including phenoxy) is 1. The van der Waals surface area contributed by atoms with E-state index in [9.17, 15) is 4.79 Å². The number of anilines is 1. The van der Waals surface area contributed by atoms with E-state index in [0.717, 1.165) is 16.5 Å². The Kier molecular flexibility index (Phi) is 6.48. The van der Waals surface area contributed by atoms with Crippen LogP contribution >= 0.6 is 34.7 Å². The maximum Gasteiger partial charge on any atom is 0.266 e. The van der Waals surface area contributed by atoms with Crippen molar-refractivity contribution in [1.82, 2.24) is 10.2 Å². The molecule has 1 N–H and O–H groups in total. The Morgan fingerprint density at radius 2 is 2.32 bits per heavy atom. The van der Waals surface area contributed by atoms with E-state index in [4.69, 9.17) is 16.3 Å². The molecule has 0 unspecified atom stereocenters. The van der Waals surface area contributed by atoms with Crippen molar-refractivity contribution in [2.45, 2.75) is 30.7 Å². The third-order valence-electron chi connectivity index (χ3n) is 2.54. The molecular weight excluding hydrogens is 342 g/mol. The van der Waals surface area contributed by atoms with E-state index in [2.05, 4.69) is 22.4 Å². The summed E-state index contributed by atoms with van der Waals surface area (Å²) < 4.78 is 6.40. The Labute approximate surface area is 142 Å². The number of amides is 1. The van der Waals surface area contributed by atoms with Crippen LogP contribution in [0.25, 0.3) is 0 Å². The van der Waals surface area contributed by atoms with Crippen LogP contribution in [-0.4, -0.2) is 28.0 Å². The molecular formula is C14H16ClN3O2S2. The lowest BCUT2D eigenvalue weighted by molar-refractivity contribution is -0.122. The van der Waals surface area contributed by atoms with Gasteiger partial charge in [0.2, 0.25) is 5.13 Å². The van der Waals surface area contributed by atoms with Crippen molar-refractivity contribution in [2.24, 2.45) is 0 Å². The highest BCUT2D eigenvalue weighted by atomic mass is 35.5. The number of carbonyl (C=O) groups is 1. The normalized spacial score (nSPS) is 12.0. The lowest BCUT2D eigenvalue weighted by atomic mass is 10.3. The highest BCUT2D eigenvalue weighted by Gasteiger charge is 2.17. The minimum Gasteiger partial charge on any atom is -0.481 e. The number of rotatable bonds is 7. The Hall–Kier alpha value is -1.31. The standard InChI is InChI=1S/C14H16ClN3O2S2/c1-3-7-21-14-18-17-13(22-14)16-12(19)9(2)20-11-6-4-5-10(15)8-11/h4-6,8-9H,3,7H2,1-2H3,(H,16,17,19)/t9-/m0/s1. The van der Waals surface area contributed by atoms with Crippen LogP contribution in [0.2, 0.25) is 5.02 Å². The summed E-state index contributed by atoms with van der Waals surface area (Å²) in [6.45, 7) is 3.77. The molecule has 2 aromatic rings. The molecule has 1 amide bonds. The second-order valence-electron chi connectivity index (χ2n) is 4.43. The van der Waals surface area contributed by atoms with Gasteiger partial charge in [0.25, 0.3) is 5.91 Å². The smallest absolute Gasteiger partial charge is 0.266 e. The number of halogens is 1. The van der Waals surface area contributed by atoms with Crippen molar-refractivity contribution >= 4 is 45.7 Å². The van der Waals surface area contributed by atoms with Gasteiger partial charge in [0.15, 0.2) is 10.4 Å². The summed E-state index contributed by atoms with van der Waals surface area (Å²) >= 11 is 8.87. The highest BCUT2D eigenvalue weighted by molar-refractivity contribution is 8.01. The average Bonchev–Trinajstić information content (AvgIpc) is 2.92. The molecule has 5 nitrogen and oxygen atoms in total. The van der Waals surface area contributed by atoms with Gasteiger partial charge in [-0.25, -0.2) is 0 Å². The van der Waals surface area contributed by atoms with Crippen LogP contribution < -0.4 is 10.1 Å². The van der Waals surface area contributed by atoms with Crippen LogP contribution in [0.3, 0.4) is 0 Å².